The Kier molecular flexibility index (Phi) is 5.69. The van der Waals surface area contributed by atoms with Crippen molar-refractivity contribution >= 4 is 46.8 Å². The number of amides is 1. The molecule has 3 aliphatic rings. The molecule has 1 amide bonds. The molecule has 3 aliphatic heterocycles. The molecular weight excluding hydrogens is 430 g/mol. The Bertz CT molecular complexity index is 921. The molecular formula is C19H21N3O6S2. The number of nitro groups is 1. The van der Waals surface area contributed by atoms with Crippen molar-refractivity contribution in [1.82, 2.24) is 4.90 Å². The fourth-order valence-electron chi connectivity index (χ4n) is 3.99. The number of nitrogens with zero attached hydrogens (tertiary/aromatic N) is 3. The molecule has 11 heteroatoms. The minimum atomic E-state index is -1.13. The number of hydrogen-bond acceptors (Lipinski definition) is 8. The summed E-state index contributed by atoms with van der Waals surface area (Å²) in [6.07, 6.45) is 0.506. The number of nitro benzene ring substituents is 1. The Balaban J connectivity index is 1.45. The molecule has 0 bridgehead atoms. The number of carbonyl (C=O) groups is 2. The molecule has 4 rings (SSSR count). The molecule has 0 aromatic heterocycles. The smallest absolute Gasteiger partial charge is 0.354 e. The highest BCUT2D eigenvalue weighted by atomic mass is 32.2. The predicted octanol–water partition coefficient (Wildman–Crippen LogP) is 2.46. The Morgan fingerprint density at radius 3 is 2.70 bits per heavy atom. The monoisotopic (exact) mass is 451 g/mol. The molecule has 0 aliphatic carbocycles. The summed E-state index contributed by atoms with van der Waals surface area (Å²) >= 11 is 2.82. The average molecular weight is 452 g/mol. The van der Waals surface area contributed by atoms with Gasteiger partial charge in [0.05, 0.1) is 21.2 Å². The van der Waals surface area contributed by atoms with Gasteiger partial charge in [0.25, 0.3) is 5.69 Å². The lowest BCUT2D eigenvalue weighted by Crippen LogP contribution is -2.61. The zero-order chi connectivity index (χ0) is 21.6. The normalized spacial score (nSPS) is 26.6. The number of benzene rings is 1. The maximum absolute atomic E-state index is 12.4. The number of rotatable bonds is 7. The number of anilines is 1. The third-order valence-corrected chi connectivity index (χ3v) is 8.48. The number of β-lactam (4-membered cyclic amide) rings is 1. The van der Waals surface area contributed by atoms with Crippen LogP contribution in [-0.4, -0.2) is 61.7 Å². The van der Waals surface area contributed by atoms with Crippen LogP contribution in [0.15, 0.2) is 34.2 Å². The summed E-state index contributed by atoms with van der Waals surface area (Å²) in [4.78, 5) is 38.1. The Labute approximate surface area is 181 Å². The van der Waals surface area contributed by atoms with Gasteiger partial charge in [-0.2, -0.15) is 0 Å². The van der Waals surface area contributed by atoms with Gasteiger partial charge >= 0.3 is 5.97 Å². The van der Waals surface area contributed by atoms with Gasteiger partial charge in [0, 0.05) is 36.2 Å². The molecule has 3 heterocycles. The number of aliphatic carboxylic acids is 1. The molecule has 2 N–H and O–H groups in total. The summed E-state index contributed by atoms with van der Waals surface area (Å²) in [5.41, 5.74) is 0.953. The lowest BCUT2D eigenvalue weighted by Gasteiger charge is -2.44. The number of carboxylic acid groups (broad SMARTS) is 1. The van der Waals surface area contributed by atoms with E-state index in [0.29, 0.717) is 17.2 Å². The number of thioether (sulfide) groups is 2. The fraction of sp³-hybridized carbons (Fsp3) is 0.474. The van der Waals surface area contributed by atoms with Crippen LogP contribution in [0.1, 0.15) is 19.8 Å². The highest BCUT2D eigenvalue weighted by Crippen LogP contribution is 2.55. The number of fused-ring (bicyclic) bond motifs is 1. The zero-order valence-corrected chi connectivity index (χ0v) is 17.8. The second kappa shape index (κ2) is 8.12. The van der Waals surface area contributed by atoms with Gasteiger partial charge in [-0.1, -0.05) is 18.7 Å². The van der Waals surface area contributed by atoms with Crippen LogP contribution in [0.4, 0.5) is 11.4 Å². The van der Waals surface area contributed by atoms with E-state index in [1.54, 1.807) is 19.1 Å². The van der Waals surface area contributed by atoms with Crippen LogP contribution in [0.5, 0.6) is 0 Å². The predicted molar refractivity (Wildman–Crippen MR) is 114 cm³/mol. The molecule has 160 valence electrons. The van der Waals surface area contributed by atoms with E-state index in [1.165, 1.54) is 40.6 Å². The Morgan fingerprint density at radius 2 is 2.10 bits per heavy atom. The van der Waals surface area contributed by atoms with Crippen molar-refractivity contribution in [2.24, 2.45) is 5.92 Å². The summed E-state index contributed by atoms with van der Waals surface area (Å²) < 4.78 is 0.613. The minimum absolute atomic E-state index is 0.0216. The molecule has 4 atom stereocenters. The number of aliphatic hydroxyl groups is 1. The second-order valence-corrected chi connectivity index (χ2v) is 10.1. The third kappa shape index (κ3) is 3.54. The highest BCUT2D eigenvalue weighted by Gasteiger charge is 2.58. The number of non-ortho nitro benzene ring substituents is 1. The quantitative estimate of drug-likeness (QED) is 0.365. The van der Waals surface area contributed by atoms with Crippen LogP contribution in [0.25, 0.3) is 0 Å². The largest absolute Gasteiger partial charge is 0.477 e. The summed E-state index contributed by atoms with van der Waals surface area (Å²) in [5.74, 6) is -2.02. The van der Waals surface area contributed by atoms with Crippen LogP contribution >= 0.6 is 23.5 Å². The number of carbonyl (C=O) groups excluding carboxylic acids is 1. The summed E-state index contributed by atoms with van der Waals surface area (Å²) in [5, 5.41) is 30.4. The van der Waals surface area contributed by atoms with E-state index >= 15 is 0 Å². The third-order valence-electron chi connectivity index (χ3n) is 5.63. The fourth-order valence-corrected chi connectivity index (χ4v) is 7.27. The van der Waals surface area contributed by atoms with Gasteiger partial charge in [0.1, 0.15) is 5.37 Å². The van der Waals surface area contributed by atoms with Gasteiger partial charge in [-0.05, 0) is 25.0 Å². The van der Waals surface area contributed by atoms with Crippen LogP contribution in [-0.2, 0) is 9.59 Å². The molecule has 1 unspecified atom stereocenters. The summed E-state index contributed by atoms with van der Waals surface area (Å²) in [7, 11) is 0. The van der Waals surface area contributed by atoms with Crippen molar-refractivity contribution in [2.75, 3.05) is 18.0 Å². The standard InChI is InChI=1S/C19H21N3O6S2/c1-2-13(23)14-16(24)21-15(18(25)26)19(30-17(14)21)29-12-7-8-20(9-12)10-3-5-11(6-4-10)22(27)28/h3-6,12-14,17,23H,2,7-9H2,1H3,(H,25,26)/t12?,13-,14+,17+/m0/s1. The van der Waals surface area contributed by atoms with Crippen molar-refractivity contribution in [3.8, 4) is 0 Å². The first-order chi connectivity index (χ1) is 14.3. The van der Waals surface area contributed by atoms with E-state index in [0.717, 1.165) is 18.7 Å². The lowest BCUT2D eigenvalue weighted by molar-refractivity contribution is -0.384. The van der Waals surface area contributed by atoms with Crippen LogP contribution < -0.4 is 4.90 Å². The molecule has 0 spiro atoms. The zero-order valence-electron chi connectivity index (χ0n) is 16.1. The van der Waals surface area contributed by atoms with E-state index in [1.807, 2.05) is 0 Å². The number of hydrogen-bond donors (Lipinski definition) is 2. The first kappa shape index (κ1) is 21.0. The van der Waals surface area contributed by atoms with Crippen molar-refractivity contribution in [3.63, 3.8) is 0 Å². The van der Waals surface area contributed by atoms with Crippen LogP contribution in [0.3, 0.4) is 0 Å². The second-order valence-electron chi connectivity index (χ2n) is 7.41. The first-order valence-electron chi connectivity index (χ1n) is 9.63. The molecule has 0 radical (unpaired) electrons. The van der Waals surface area contributed by atoms with Crippen LogP contribution in [0, 0.1) is 16.0 Å². The van der Waals surface area contributed by atoms with Gasteiger partial charge in [-0.3, -0.25) is 19.8 Å². The van der Waals surface area contributed by atoms with Crippen molar-refractivity contribution in [2.45, 2.75) is 36.5 Å². The Hall–Kier alpha value is -2.24. The average Bonchev–Trinajstić information content (AvgIpc) is 3.31. The highest BCUT2D eigenvalue weighted by molar-refractivity contribution is 8.23. The molecule has 1 aromatic carbocycles. The van der Waals surface area contributed by atoms with E-state index in [2.05, 4.69) is 4.90 Å². The number of carboxylic acids is 1. The van der Waals surface area contributed by atoms with Crippen molar-refractivity contribution in [1.29, 1.82) is 0 Å². The topological polar surface area (TPSA) is 124 Å². The number of aliphatic hydroxyl groups excluding tert-OH is 1. The van der Waals surface area contributed by atoms with E-state index in [9.17, 15) is 29.9 Å². The van der Waals surface area contributed by atoms with E-state index < -0.39 is 22.9 Å². The van der Waals surface area contributed by atoms with Gasteiger partial charge in [0.2, 0.25) is 5.91 Å². The summed E-state index contributed by atoms with van der Waals surface area (Å²) in [6.45, 7) is 3.24. The van der Waals surface area contributed by atoms with Gasteiger partial charge in [0.15, 0.2) is 5.70 Å². The van der Waals surface area contributed by atoms with Gasteiger partial charge < -0.3 is 15.1 Å². The maximum Gasteiger partial charge on any atom is 0.354 e. The van der Waals surface area contributed by atoms with Gasteiger partial charge in [-0.25, -0.2) is 4.79 Å². The SMILES string of the molecule is CC[C@H](O)[C@@H]1C(=O)N2C(C(=O)O)=C(SC3CCN(c4ccc([N+](=O)[O-])cc4)C3)S[C@H]12. The molecule has 9 nitrogen and oxygen atoms in total. The van der Waals surface area contributed by atoms with Gasteiger partial charge in [-0.15, -0.1) is 11.8 Å². The Morgan fingerprint density at radius 1 is 1.40 bits per heavy atom. The van der Waals surface area contributed by atoms with Crippen LogP contribution in [0.2, 0.25) is 0 Å². The molecule has 0 saturated carbocycles. The lowest BCUT2D eigenvalue weighted by atomic mass is 9.90. The van der Waals surface area contributed by atoms with E-state index in [4.69, 9.17) is 0 Å². The maximum atomic E-state index is 12.4. The van der Waals surface area contributed by atoms with Crippen molar-refractivity contribution < 1.29 is 24.7 Å². The molecule has 1 aromatic rings. The van der Waals surface area contributed by atoms with E-state index in [-0.39, 0.29) is 27.9 Å². The molecule has 2 fully saturated rings. The first-order valence-corrected chi connectivity index (χ1v) is 11.4. The molecule has 30 heavy (non-hydrogen) atoms. The summed E-state index contributed by atoms with van der Waals surface area (Å²) in [6, 6.07) is 6.39. The molecule has 2 saturated heterocycles. The van der Waals surface area contributed by atoms with Crippen molar-refractivity contribution in [3.05, 3.63) is 44.3 Å². The minimum Gasteiger partial charge on any atom is -0.477 e.